The van der Waals surface area contributed by atoms with E-state index in [-0.39, 0.29) is 43.0 Å². The quantitative estimate of drug-likeness (QED) is 0.840. The third-order valence-corrected chi connectivity index (χ3v) is 6.27. The molecule has 0 unspecified atom stereocenters. The van der Waals surface area contributed by atoms with E-state index in [2.05, 4.69) is 6.07 Å². The van der Waals surface area contributed by atoms with Crippen LogP contribution in [0.1, 0.15) is 42.0 Å². The Balaban J connectivity index is 1.39. The fourth-order valence-electron chi connectivity index (χ4n) is 4.51. The summed E-state index contributed by atoms with van der Waals surface area (Å²) in [6.45, 7) is 0.773. The van der Waals surface area contributed by atoms with Crippen molar-refractivity contribution in [3.63, 3.8) is 0 Å². The number of carbonyl (C=O) groups is 1. The van der Waals surface area contributed by atoms with Gasteiger partial charge in [-0.1, -0.05) is 36.4 Å². The number of fused-ring (bicyclic) bond motifs is 1. The molecular formula is C24H26FNO4. The molecule has 2 aromatic rings. The zero-order valence-corrected chi connectivity index (χ0v) is 16.7. The maximum Gasteiger partial charge on any atom is 0.252 e. The molecule has 1 saturated carbocycles. The molecule has 4 atom stereocenters. The number of hydrogen-bond donors (Lipinski definition) is 1. The minimum Gasteiger partial charge on any atom is -0.390 e. The number of ether oxygens (including phenoxy) is 2. The van der Waals surface area contributed by atoms with E-state index in [0.29, 0.717) is 6.54 Å². The number of nitrogens with zero attached hydrogens (tertiary/aromatic N) is 1. The third-order valence-electron chi connectivity index (χ3n) is 6.27. The first kappa shape index (κ1) is 19.7. The highest BCUT2D eigenvalue weighted by molar-refractivity contribution is 5.82. The summed E-state index contributed by atoms with van der Waals surface area (Å²) >= 11 is 0. The molecule has 5 nitrogen and oxygen atoms in total. The molecule has 1 N–H and O–H groups in total. The molecule has 0 bridgehead atoms. The molecule has 1 amide bonds. The van der Waals surface area contributed by atoms with Crippen LogP contribution in [-0.2, 0) is 20.7 Å². The number of hydrogen-bond acceptors (Lipinski definition) is 4. The number of halogens is 1. The molecule has 0 spiro atoms. The van der Waals surface area contributed by atoms with Gasteiger partial charge in [0.15, 0.2) is 0 Å². The predicted molar refractivity (Wildman–Crippen MR) is 108 cm³/mol. The molecule has 158 valence electrons. The molecule has 2 heterocycles. The van der Waals surface area contributed by atoms with Crippen LogP contribution in [0.5, 0.6) is 0 Å². The standard InChI is InChI=1S/C24H26FNO4/c25-17-7-5-16(6-8-17)23-19-4-2-1-3-15(19)11-12-26(23)24(28)21-13-20(27)22(14-29-21)30-18-9-10-18/h1-8,18,20-23,27H,9-14H2/t20-,21+,22-,23-/m0/s1. The Bertz CT molecular complexity index is 914. The van der Waals surface area contributed by atoms with Crippen LogP contribution in [0, 0.1) is 5.82 Å². The van der Waals surface area contributed by atoms with Crippen LogP contribution in [0.2, 0.25) is 0 Å². The fourth-order valence-corrected chi connectivity index (χ4v) is 4.51. The van der Waals surface area contributed by atoms with Gasteiger partial charge in [0.25, 0.3) is 5.91 Å². The maximum absolute atomic E-state index is 13.5. The summed E-state index contributed by atoms with van der Waals surface area (Å²) in [5, 5.41) is 10.5. The Morgan fingerprint density at radius 3 is 2.63 bits per heavy atom. The molecule has 2 aliphatic heterocycles. The van der Waals surface area contributed by atoms with Crippen molar-refractivity contribution in [3.05, 3.63) is 71.0 Å². The van der Waals surface area contributed by atoms with Gasteiger partial charge in [0, 0.05) is 13.0 Å². The van der Waals surface area contributed by atoms with Gasteiger partial charge in [-0.3, -0.25) is 4.79 Å². The average Bonchev–Trinajstić information content (AvgIpc) is 3.59. The predicted octanol–water partition coefficient (Wildman–Crippen LogP) is 3.00. The van der Waals surface area contributed by atoms with Gasteiger partial charge in [0.05, 0.1) is 24.9 Å². The monoisotopic (exact) mass is 411 g/mol. The second-order valence-corrected chi connectivity index (χ2v) is 8.43. The highest BCUT2D eigenvalue weighted by Gasteiger charge is 2.41. The Hall–Kier alpha value is -2.28. The summed E-state index contributed by atoms with van der Waals surface area (Å²) in [6.07, 6.45) is 1.48. The van der Waals surface area contributed by atoms with E-state index in [9.17, 15) is 14.3 Å². The summed E-state index contributed by atoms with van der Waals surface area (Å²) in [5.74, 6) is -0.441. The van der Waals surface area contributed by atoms with E-state index < -0.39 is 12.2 Å². The molecule has 3 aliphatic rings. The lowest BCUT2D eigenvalue weighted by Gasteiger charge is -2.41. The van der Waals surface area contributed by atoms with Crippen molar-refractivity contribution in [1.29, 1.82) is 0 Å². The third kappa shape index (κ3) is 3.87. The molecule has 6 heteroatoms. The Morgan fingerprint density at radius 1 is 1.13 bits per heavy atom. The maximum atomic E-state index is 13.5. The lowest BCUT2D eigenvalue weighted by Crippen LogP contribution is -2.52. The fraction of sp³-hybridized carbons (Fsp3) is 0.458. The van der Waals surface area contributed by atoms with Crippen molar-refractivity contribution in [2.24, 2.45) is 0 Å². The number of carbonyl (C=O) groups excluding carboxylic acids is 1. The van der Waals surface area contributed by atoms with Gasteiger partial charge in [0.2, 0.25) is 0 Å². The molecule has 30 heavy (non-hydrogen) atoms. The zero-order valence-electron chi connectivity index (χ0n) is 16.7. The minimum absolute atomic E-state index is 0.136. The number of rotatable bonds is 4. The van der Waals surface area contributed by atoms with Crippen molar-refractivity contribution in [2.45, 2.75) is 56.1 Å². The first-order chi connectivity index (χ1) is 14.6. The van der Waals surface area contributed by atoms with Crippen molar-refractivity contribution in [2.75, 3.05) is 13.2 Å². The normalized spacial score (nSPS) is 28.8. The van der Waals surface area contributed by atoms with Crippen molar-refractivity contribution >= 4 is 5.91 Å². The van der Waals surface area contributed by atoms with Gasteiger partial charge in [-0.15, -0.1) is 0 Å². The minimum atomic E-state index is -0.713. The molecule has 1 saturated heterocycles. The lowest BCUT2D eigenvalue weighted by atomic mass is 9.87. The van der Waals surface area contributed by atoms with Crippen LogP contribution in [0.3, 0.4) is 0 Å². The first-order valence-corrected chi connectivity index (χ1v) is 10.7. The molecule has 0 aromatic heterocycles. The number of benzene rings is 2. The summed E-state index contributed by atoms with van der Waals surface area (Å²) in [7, 11) is 0. The Morgan fingerprint density at radius 2 is 1.90 bits per heavy atom. The Kier molecular flexibility index (Phi) is 5.31. The van der Waals surface area contributed by atoms with Gasteiger partial charge < -0.3 is 19.5 Å². The number of aliphatic hydroxyl groups excluding tert-OH is 1. The van der Waals surface area contributed by atoms with Crippen molar-refractivity contribution < 1.29 is 23.8 Å². The van der Waals surface area contributed by atoms with Gasteiger partial charge in [-0.2, -0.15) is 0 Å². The smallest absolute Gasteiger partial charge is 0.252 e. The topological polar surface area (TPSA) is 59.0 Å². The highest BCUT2D eigenvalue weighted by Crippen LogP contribution is 2.37. The van der Waals surface area contributed by atoms with E-state index >= 15 is 0 Å². The van der Waals surface area contributed by atoms with Gasteiger partial charge in [-0.25, -0.2) is 4.39 Å². The molecule has 2 aromatic carbocycles. The summed E-state index contributed by atoms with van der Waals surface area (Å²) in [5.41, 5.74) is 3.11. The highest BCUT2D eigenvalue weighted by atomic mass is 19.1. The largest absolute Gasteiger partial charge is 0.390 e. The number of amides is 1. The first-order valence-electron chi connectivity index (χ1n) is 10.7. The van der Waals surface area contributed by atoms with Crippen LogP contribution in [0.25, 0.3) is 0 Å². The molecule has 0 radical (unpaired) electrons. The SMILES string of the molecule is O=C([C@H]1C[C@H](O)[C@@H](OC2CC2)CO1)N1CCc2ccccc2[C@@H]1c1ccc(F)cc1. The van der Waals surface area contributed by atoms with E-state index in [1.807, 2.05) is 23.1 Å². The van der Waals surface area contributed by atoms with Crippen molar-refractivity contribution in [1.82, 2.24) is 4.90 Å². The molecule has 5 rings (SSSR count). The second kappa shape index (κ2) is 8.10. The summed E-state index contributed by atoms with van der Waals surface area (Å²) < 4.78 is 25.2. The zero-order chi connectivity index (χ0) is 20.7. The molecule has 1 aliphatic carbocycles. The Labute approximate surface area is 175 Å². The number of aliphatic hydroxyl groups is 1. The van der Waals surface area contributed by atoms with Gasteiger partial charge >= 0.3 is 0 Å². The second-order valence-electron chi connectivity index (χ2n) is 8.43. The van der Waals surface area contributed by atoms with E-state index in [1.165, 1.54) is 17.7 Å². The average molecular weight is 411 g/mol. The van der Waals surface area contributed by atoms with Crippen LogP contribution >= 0.6 is 0 Å². The molecular weight excluding hydrogens is 385 g/mol. The van der Waals surface area contributed by atoms with E-state index in [0.717, 1.165) is 30.4 Å². The summed E-state index contributed by atoms with van der Waals surface area (Å²) in [4.78, 5) is 15.3. The summed E-state index contributed by atoms with van der Waals surface area (Å²) in [6, 6.07) is 14.1. The van der Waals surface area contributed by atoms with Crippen LogP contribution in [0.15, 0.2) is 48.5 Å². The van der Waals surface area contributed by atoms with Gasteiger partial charge in [-0.05, 0) is 48.1 Å². The lowest BCUT2D eigenvalue weighted by molar-refractivity contribution is -0.173. The van der Waals surface area contributed by atoms with Crippen LogP contribution in [0.4, 0.5) is 4.39 Å². The molecule has 2 fully saturated rings. The van der Waals surface area contributed by atoms with Crippen LogP contribution < -0.4 is 0 Å². The van der Waals surface area contributed by atoms with E-state index in [1.54, 1.807) is 12.1 Å². The van der Waals surface area contributed by atoms with Gasteiger partial charge in [0.1, 0.15) is 18.0 Å². The van der Waals surface area contributed by atoms with Crippen molar-refractivity contribution in [3.8, 4) is 0 Å². The van der Waals surface area contributed by atoms with E-state index in [4.69, 9.17) is 9.47 Å². The van der Waals surface area contributed by atoms with Crippen LogP contribution in [-0.4, -0.2) is 53.5 Å².